The first kappa shape index (κ1) is 20.1. The van der Waals surface area contributed by atoms with Crippen LogP contribution in [0.25, 0.3) is 11.0 Å². The number of amides is 1. The zero-order valence-corrected chi connectivity index (χ0v) is 17.7. The predicted octanol–water partition coefficient (Wildman–Crippen LogP) is 5.16. The molecule has 0 bridgehead atoms. The summed E-state index contributed by atoms with van der Waals surface area (Å²) in [6.07, 6.45) is 3.25. The SMILES string of the molecule is Cc1ccc(C2C(C(=O)c3cc4cc(Cl)ccc4o3)=C(O)C(=O)N2Cc2cccnc2)o1. The van der Waals surface area contributed by atoms with Gasteiger partial charge in [-0.05, 0) is 55.0 Å². The van der Waals surface area contributed by atoms with Crippen LogP contribution >= 0.6 is 11.6 Å². The van der Waals surface area contributed by atoms with Crippen LogP contribution in [0, 0.1) is 6.92 Å². The highest BCUT2D eigenvalue weighted by Crippen LogP contribution is 2.41. The average molecular weight is 449 g/mol. The average Bonchev–Trinajstić information content (AvgIpc) is 3.46. The number of Topliss-reactive ketones (excluding diaryl/α,β-unsaturated/α-hetero) is 1. The summed E-state index contributed by atoms with van der Waals surface area (Å²) in [4.78, 5) is 31.9. The van der Waals surface area contributed by atoms with Gasteiger partial charge in [-0.2, -0.15) is 0 Å². The van der Waals surface area contributed by atoms with Crippen molar-refractivity contribution in [2.24, 2.45) is 0 Å². The monoisotopic (exact) mass is 448 g/mol. The third kappa shape index (κ3) is 3.36. The van der Waals surface area contributed by atoms with Gasteiger partial charge in [0.15, 0.2) is 11.5 Å². The van der Waals surface area contributed by atoms with Gasteiger partial charge in [-0.3, -0.25) is 14.6 Å². The maximum Gasteiger partial charge on any atom is 0.290 e. The summed E-state index contributed by atoms with van der Waals surface area (Å²) >= 11 is 6.03. The maximum absolute atomic E-state index is 13.5. The molecule has 1 aliphatic rings. The van der Waals surface area contributed by atoms with Crippen molar-refractivity contribution in [2.75, 3.05) is 0 Å². The van der Waals surface area contributed by atoms with Crippen LogP contribution in [0.5, 0.6) is 0 Å². The minimum Gasteiger partial charge on any atom is -0.503 e. The lowest BCUT2D eigenvalue weighted by atomic mass is 9.99. The first-order valence-electron chi connectivity index (χ1n) is 9.85. The minimum absolute atomic E-state index is 0.00637. The van der Waals surface area contributed by atoms with Crippen LogP contribution in [-0.4, -0.2) is 26.7 Å². The van der Waals surface area contributed by atoms with Crippen molar-refractivity contribution in [1.29, 1.82) is 0 Å². The lowest BCUT2D eigenvalue weighted by molar-refractivity contribution is -0.130. The molecule has 1 N–H and O–H groups in total. The number of benzene rings is 1. The summed E-state index contributed by atoms with van der Waals surface area (Å²) < 4.78 is 11.5. The number of fused-ring (bicyclic) bond motifs is 1. The number of halogens is 1. The Bertz CT molecular complexity index is 1390. The van der Waals surface area contributed by atoms with E-state index in [9.17, 15) is 14.7 Å². The van der Waals surface area contributed by atoms with Crippen molar-refractivity contribution in [3.63, 3.8) is 0 Å². The molecule has 0 radical (unpaired) electrons. The van der Waals surface area contributed by atoms with Crippen molar-refractivity contribution in [3.8, 4) is 0 Å². The molecule has 0 saturated heterocycles. The highest BCUT2D eigenvalue weighted by molar-refractivity contribution is 6.31. The molecule has 1 aliphatic heterocycles. The van der Waals surface area contributed by atoms with E-state index in [-0.39, 0.29) is 17.9 Å². The minimum atomic E-state index is -0.916. The van der Waals surface area contributed by atoms with Gasteiger partial charge < -0.3 is 18.8 Å². The fraction of sp³-hybridized carbons (Fsp3) is 0.125. The lowest BCUT2D eigenvalue weighted by Crippen LogP contribution is -2.30. The Balaban J connectivity index is 1.59. The topological polar surface area (TPSA) is 96.8 Å². The molecule has 1 atom stereocenters. The molecule has 160 valence electrons. The van der Waals surface area contributed by atoms with Crippen LogP contribution in [0.2, 0.25) is 5.02 Å². The number of aryl methyl sites for hydroxylation is 1. The van der Waals surface area contributed by atoms with E-state index < -0.39 is 23.5 Å². The van der Waals surface area contributed by atoms with Gasteiger partial charge in [-0.1, -0.05) is 17.7 Å². The van der Waals surface area contributed by atoms with Crippen LogP contribution in [0.1, 0.15) is 33.7 Å². The van der Waals surface area contributed by atoms with Gasteiger partial charge in [-0.15, -0.1) is 0 Å². The number of carbonyl (C=O) groups excluding carboxylic acids is 2. The van der Waals surface area contributed by atoms with Crippen LogP contribution in [-0.2, 0) is 11.3 Å². The number of carbonyl (C=O) groups is 2. The molecule has 32 heavy (non-hydrogen) atoms. The summed E-state index contributed by atoms with van der Waals surface area (Å²) in [6, 6.07) is 12.6. The quantitative estimate of drug-likeness (QED) is 0.423. The van der Waals surface area contributed by atoms with Gasteiger partial charge in [0.1, 0.15) is 23.1 Å². The second-order valence-electron chi connectivity index (χ2n) is 7.53. The van der Waals surface area contributed by atoms with Crippen LogP contribution in [0.15, 0.2) is 81.1 Å². The van der Waals surface area contributed by atoms with Gasteiger partial charge in [-0.25, -0.2) is 0 Å². The normalized spacial score (nSPS) is 16.4. The summed E-state index contributed by atoms with van der Waals surface area (Å²) in [7, 11) is 0. The molecule has 1 aromatic carbocycles. The van der Waals surface area contributed by atoms with E-state index in [1.54, 1.807) is 61.8 Å². The van der Waals surface area contributed by atoms with Crippen LogP contribution in [0.4, 0.5) is 0 Å². The largest absolute Gasteiger partial charge is 0.503 e. The highest BCUT2D eigenvalue weighted by atomic mass is 35.5. The van der Waals surface area contributed by atoms with Gasteiger partial charge in [0.25, 0.3) is 5.91 Å². The second kappa shape index (κ2) is 7.69. The Kier molecular flexibility index (Phi) is 4.83. The Labute approximate surface area is 187 Å². The van der Waals surface area contributed by atoms with E-state index in [0.717, 1.165) is 5.56 Å². The summed E-state index contributed by atoms with van der Waals surface area (Å²) in [5, 5.41) is 11.9. The van der Waals surface area contributed by atoms with Gasteiger partial charge >= 0.3 is 0 Å². The fourth-order valence-electron chi connectivity index (χ4n) is 3.89. The zero-order chi connectivity index (χ0) is 22.4. The number of aliphatic hydroxyl groups is 1. The molecule has 5 rings (SSSR count). The number of hydrogen-bond donors (Lipinski definition) is 1. The number of pyridine rings is 1. The van der Waals surface area contributed by atoms with E-state index in [0.29, 0.717) is 27.5 Å². The van der Waals surface area contributed by atoms with E-state index in [4.69, 9.17) is 20.4 Å². The number of aromatic nitrogens is 1. The van der Waals surface area contributed by atoms with Gasteiger partial charge in [0.2, 0.25) is 5.78 Å². The molecular weight excluding hydrogens is 432 g/mol. The number of ketones is 1. The van der Waals surface area contributed by atoms with Crippen molar-refractivity contribution in [1.82, 2.24) is 9.88 Å². The second-order valence-corrected chi connectivity index (χ2v) is 7.97. The number of aliphatic hydroxyl groups excluding tert-OH is 1. The van der Waals surface area contributed by atoms with E-state index in [1.165, 1.54) is 4.90 Å². The highest BCUT2D eigenvalue weighted by Gasteiger charge is 2.46. The maximum atomic E-state index is 13.5. The van der Waals surface area contributed by atoms with Crippen molar-refractivity contribution < 1.29 is 23.5 Å². The number of furan rings is 2. The number of nitrogens with zero attached hydrogens (tertiary/aromatic N) is 2. The first-order chi connectivity index (χ1) is 15.4. The molecule has 4 aromatic rings. The molecule has 0 saturated carbocycles. The van der Waals surface area contributed by atoms with Gasteiger partial charge in [0, 0.05) is 29.3 Å². The smallest absolute Gasteiger partial charge is 0.290 e. The lowest BCUT2D eigenvalue weighted by Gasteiger charge is -2.24. The Morgan fingerprint density at radius 1 is 1.19 bits per heavy atom. The van der Waals surface area contributed by atoms with Crippen molar-refractivity contribution in [2.45, 2.75) is 19.5 Å². The summed E-state index contributed by atoms with van der Waals surface area (Å²) in [6.45, 7) is 1.90. The standard InChI is InChI=1S/C24H17ClN2O5/c1-13-4-6-18(31-13)21-20(22(28)19-10-15-9-16(25)5-7-17(15)32-19)23(29)24(30)27(21)12-14-3-2-8-26-11-14/h2-11,21,29H,12H2,1H3. The molecule has 3 aromatic heterocycles. The van der Waals surface area contributed by atoms with E-state index in [1.807, 2.05) is 6.07 Å². The molecule has 0 aliphatic carbocycles. The zero-order valence-electron chi connectivity index (χ0n) is 16.9. The molecule has 7 nitrogen and oxygen atoms in total. The Morgan fingerprint density at radius 2 is 2.03 bits per heavy atom. The first-order valence-corrected chi connectivity index (χ1v) is 10.2. The Morgan fingerprint density at radius 3 is 2.75 bits per heavy atom. The van der Waals surface area contributed by atoms with Crippen LogP contribution in [0.3, 0.4) is 0 Å². The molecular formula is C24H17ClN2O5. The number of hydrogen-bond acceptors (Lipinski definition) is 6. The number of rotatable bonds is 5. The predicted molar refractivity (Wildman–Crippen MR) is 116 cm³/mol. The van der Waals surface area contributed by atoms with Crippen molar-refractivity contribution in [3.05, 3.63) is 100 Å². The molecule has 4 heterocycles. The molecule has 0 fully saturated rings. The molecule has 0 spiro atoms. The van der Waals surface area contributed by atoms with Gasteiger partial charge in [0.05, 0.1) is 5.57 Å². The van der Waals surface area contributed by atoms with E-state index in [2.05, 4.69) is 4.98 Å². The van der Waals surface area contributed by atoms with E-state index >= 15 is 0 Å². The fourth-order valence-corrected chi connectivity index (χ4v) is 4.07. The molecule has 1 amide bonds. The summed E-state index contributed by atoms with van der Waals surface area (Å²) in [5.74, 6) is -0.924. The third-order valence-corrected chi connectivity index (χ3v) is 5.59. The van der Waals surface area contributed by atoms with Crippen LogP contribution < -0.4 is 0 Å². The third-order valence-electron chi connectivity index (χ3n) is 5.36. The summed E-state index contributed by atoms with van der Waals surface area (Å²) in [5.41, 5.74) is 1.12. The molecule has 1 unspecified atom stereocenters. The van der Waals surface area contributed by atoms with Crippen molar-refractivity contribution >= 4 is 34.3 Å². The molecule has 8 heteroatoms. The Hall–Kier alpha value is -3.84.